The molecule has 2 N–H and O–H groups in total. The molecule has 0 saturated heterocycles. The number of carbonyl (C=O) groups excluding carboxylic acids is 1. The average molecular weight is 250 g/mol. The van der Waals surface area contributed by atoms with Gasteiger partial charge in [0.15, 0.2) is 0 Å². The number of methoxy groups -OCH3 is 1. The Morgan fingerprint density at radius 3 is 2.89 bits per heavy atom. The third kappa shape index (κ3) is 2.43. The van der Waals surface area contributed by atoms with E-state index in [-0.39, 0.29) is 11.8 Å². The fourth-order valence-electron chi connectivity index (χ4n) is 1.94. The Morgan fingerprint density at radius 2 is 2.22 bits per heavy atom. The van der Waals surface area contributed by atoms with Crippen LogP contribution in [-0.2, 0) is 11.3 Å². The Kier molecular flexibility index (Phi) is 3.76. The molecule has 2 heterocycles. The second-order valence-electron chi connectivity index (χ2n) is 4.52. The topological polar surface area (TPSA) is 76.1 Å². The summed E-state index contributed by atoms with van der Waals surface area (Å²) in [7, 11) is 1.64. The highest BCUT2D eigenvalue weighted by Crippen LogP contribution is 2.24. The second kappa shape index (κ2) is 5.30. The SMILES string of the molecule is COCCNc1nc2c(c(C(C)C)n1)CNC2=O. The first-order valence-corrected chi connectivity index (χ1v) is 6.05. The van der Waals surface area contributed by atoms with E-state index in [2.05, 4.69) is 34.4 Å². The summed E-state index contributed by atoms with van der Waals surface area (Å²) in [6, 6.07) is 0. The normalized spacial score (nSPS) is 13.7. The molecule has 0 saturated carbocycles. The molecule has 1 aliphatic heterocycles. The van der Waals surface area contributed by atoms with Crippen LogP contribution in [0, 0.1) is 0 Å². The molecule has 0 spiro atoms. The van der Waals surface area contributed by atoms with Gasteiger partial charge in [-0.05, 0) is 5.92 Å². The van der Waals surface area contributed by atoms with Crippen LogP contribution < -0.4 is 10.6 Å². The number of aromatic nitrogens is 2. The van der Waals surface area contributed by atoms with E-state index in [4.69, 9.17) is 4.74 Å². The van der Waals surface area contributed by atoms with Crippen LogP contribution in [-0.4, -0.2) is 36.1 Å². The van der Waals surface area contributed by atoms with E-state index in [9.17, 15) is 4.79 Å². The minimum Gasteiger partial charge on any atom is -0.383 e. The van der Waals surface area contributed by atoms with E-state index in [0.29, 0.717) is 31.3 Å². The van der Waals surface area contributed by atoms with Crippen LogP contribution in [0.15, 0.2) is 0 Å². The molecule has 2 rings (SSSR count). The molecule has 0 fully saturated rings. The van der Waals surface area contributed by atoms with Crippen molar-refractivity contribution < 1.29 is 9.53 Å². The summed E-state index contributed by atoms with van der Waals surface area (Å²) in [5.74, 6) is 0.632. The number of hydrogen-bond acceptors (Lipinski definition) is 5. The summed E-state index contributed by atoms with van der Waals surface area (Å²) in [5, 5.41) is 5.84. The van der Waals surface area contributed by atoms with Gasteiger partial charge in [0, 0.05) is 25.8 Å². The van der Waals surface area contributed by atoms with Crippen molar-refractivity contribution in [3.8, 4) is 0 Å². The zero-order valence-corrected chi connectivity index (χ0v) is 10.9. The van der Waals surface area contributed by atoms with Gasteiger partial charge in [-0.3, -0.25) is 4.79 Å². The number of nitrogens with zero attached hydrogens (tertiary/aromatic N) is 2. The van der Waals surface area contributed by atoms with Gasteiger partial charge in [-0.2, -0.15) is 0 Å². The minimum atomic E-state index is -0.121. The van der Waals surface area contributed by atoms with Gasteiger partial charge in [0.2, 0.25) is 5.95 Å². The lowest BCUT2D eigenvalue weighted by Gasteiger charge is -2.12. The summed E-state index contributed by atoms with van der Waals surface area (Å²) in [6.45, 7) is 5.84. The molecule has 1 aromatic rings. The van der Waals surface area contributed by atoms with Gasteiger partial charge in [0.05, 0.1) is 12.3 Å². The summed E-state index contributed by atoms with van der Waals surface area (Å²) >= 11 is 0. The first kappa shape index (κ1) is 12.8. The number of fused-ring (bicyclic) bond motifs is 1. The summed E-state index contributed by atoms with van der Waals surface area (Å²) < 4.78 is 4.96. The van der Waals surface area contributed by atoms with E-state index in [0.717, 1.165) is 11.3 Å². The van der Waals surface area contributed by atoms with Crippen molar-refractivity contribution in [3.05, 3.63) is 17.0 Å². The predicted octanol–water partition coefficient (Wildman–Crippen LogP) is 0.902. The molecule has 18 heavy (non-hydrogen) atoms. The zero-order valence-electron chi connectivity index (χ0n) is 10.9. The molecular formula is C12H18N4O2. The minimum absolute atomic E-state index is 0.121. The van der Waals surface area contributed by atoms with Crippen LogP contribution >= 0.6 is 0 Å². The number of amides is 1. The van der Waals surface area contributed by atoms with Crippen molar-refractivity contribution in [3.63, 3.8) is 0 Å². The van der Waals surface area contributed by atoms with Crippen molar-refractivity contribution in [1.29, 1.82) is 0 Å². The van der Waals surface area contributed by atoms with Crippen molar-refractivity contribution in [1.82, 2.24) is 15.3 Å². The van der Waals surface area contributed by atoms with E-state index >= 15 is 0 Å². The van der Waals surface area contributed by atoms with Gasteiger partial charge >= 0.3 is 0 Å². The van der Waals surface area contributed by atoms with Crippen LogP contribution in [0.3, 0.4) is 0 Å². The molecule has 6 nitrogen and oxygen atoms in total. The van der Waals surface area contributed by atoms with Gasteiger partial charge < -0.3 is 15.4 Å². The maximum Gasteiger partial charge on any atom is 0.270 e. The lowest BCUT2D eigenvalue weighted by atomic mass is 10.0. The van der Waals surface area contributed by atoms with Gasteiger partial charge in [0.25, 0.3) is 5.91 Å². The molecule has 1 aliphatic rings. The Labute approximate surface area is 106 Å². The fourth-order valence-corrected chi connectivity index (χ4v) is 1.94. The molecule has 0 aliphatic carbocycles. The largest absolute Gasteiger partial charge is 0.383 e. The number of nitrogens with one attached hydrogen (secondary N) is 2. The summed E-state index contributed by atoms with van der Waals surface area (Å²) in [6.07, 6.45) is 0. The van der Waals surface area contributed by atoms with Gasteiger partial charge in [-0.25, -0.2) is 9.97 Å². The Morgan fingerprint density at radius 1 is 1.44 bits per heavy atom. The lowest BCUT2D eigenvalue weighted by molar-refractivity contribution is 0.0961. The highest BCUT2D eigenvalue weighted by molar-refractivity contribution is 5.96. The molecule has 0 aromatic carbocycles. The first-order chi connectivity index (χ1) is 8.63. The predicted molar refractivity (Wildman–Crippen MR) is 67.7 cm³/mol. The average Bonchev–Trinajstić information content (AvgIpc) is 2.71. The van der Waals surface area contributed by atoms with Crippen LogP contribution in [0.4, 0.5) is 5.95 Å². The number of hydrogen-bond donors (Lipinski definition) is 2. The van der Waals surface area contributed by atoms with Crippen LogP contribution in [0.25, 0.3) is 0 Å². The van der Waals surface area contributed by atoms with E-state index < -0.39 is 0 Å². The number of rotatable bonds is 5. The maximum atomic E-state index is 11.7. The number of ether oxygens (including phenoxy) is 1. The second-order valence-corrected chi connectivity index (χ2v) is 4.52. The molecule has 1 amide bonds. The van der Waals surface area contributed by atoms with E-state index in [1.807, 2.05) is 0 Å². The lowest BCUT2D eigenvalue weighted by Crippen LogP contribution is -2.15. The Balaban J connectivity index is 2.30. The monoisotopic (exact) mass is 250 g/mol. The van der Waals surface area contributed by atoms with Crippen LogP contribution in [0.5, 0.6) is 0 Å². The summed E-state index contributed by atoms with van der Waals surface area (Å²) in [4.78, 5) is 20.4. The van der Waals surface area contributed by atoms with Gasteiger partial charge in [-0.1, -0.05) is 13.8 Å². The standard InChI is InChI=1S/C12H18N4O2/c1-7(2)9-8-6-14-11(17)10(8)16-12(15-9)13-4-5-18-3/h7H,4-6H2,1-3H3,(H,14,17)(H,13,15,16). The number of anilines is 1. The molecule has 98 valence electrons. The molecule has 0 atom stereocenters. The maximum absolute atomic E-state index is 11.7. The molecular weight excluding hydrogens is 232 g/mol. The van der Waals surface area contributed by atoms with E-state index in [1.165, 1.54) is 0 Å². The van der Waals surface area contributed by atoms with Crippen molar-refractivity contribution in [2.45, 2.75) is 26.3 Å². The summed E-state index contributed by atoms with van der Waals surface area (Å²) in [5.41, 5.74) is 2.35. The molecule has 0 unspecified atom stereocenters. The highest BCUT2D eigenvalue weighted by atomic mass is 16.5. The van der Waals surface area contributed by atoms with E-state index in [1.54, 1.807) is 7.11 Å². The Bertz CT molecular complexity index is 460. The molecule has 0 bridgehead atoms. The molecule has 0 radical (unpaired) electrons. The number of carbonyl (C=O) groups is 1. The van der Waals surface area contributed by atoms with Crippen LogP contribution in [0.1, 0.15) is 41.5 Å². The molecule has 6 heteroatoms. The van der Waals surface area contributed by atoms with Crippen molar-refractivity contribution in [2.24, 2.45) is 0 Å². The highest BCUT2D eigenvalue weighted by Gasteiger charge is 2.26. The smallest absolute Gasteiger partial charge is 0.270 e. The van der Waals surface area contributed by atoms with Crippen molar-refractivity contribution in [2.75, 3.05) is 25.6 Å². The quantitative estimate of drug-likeness (QED) is 0.759. The third-order valence-electron chi connectivity index (χ3n) is 2.82. The van der Waals surface area contributed by atoms with Gasteiger partial charge in [-0.15, -0.1) is 0 Å². The molecule has 1 aromatic heterocycles. The van der Waals surface area contributed by atoms with Gasteiger partial charge in [0.1, 0.15) is 5.69 Å². The Hall–Kier alpha value is -1.69. The van der Waals surface area contributed by atoms with Crippen LogP contribution in [0.2, 0.25) is 0 Å². The first-order valence-electron chi connectivity index (χ1n) is 6.05. The third-order valence-corrected chi connectivity index (χ3v) is 2.82. The van der Waals surface area contributed by atoms with Crippen molar-refractivity contribution >= 4 is 11.9 Å². The fraction of sp³-hybridized carbons (Fsp3) is 0.583. The zero-order chi connectivity index (χ0) is 13.1.